The number of nitrogens with zero attached hydrogens (tertiary/aromatic N) is 4. The minimum atomic E-state index is -0.898. The van der Waals surface area contributed by atoms with E-state index in [4.69, 9.17) is 21.4 Å². The van der Waals surface area contributed by atoms with Crippen LogP contribution >= 0.6 is 11.6 Å². The average Bonchev–Trinajstić information content (AvgIpc) is 3.35. The SMILES string of the molecule is CN1OC(=O)[C@H](Cc2ccccc2)N=C(c2ccccc2)c2cc(Cl)ccc2N1C(=O)CN1Cc2ccc3ccccc3c2-c2c(ccc3ccccc23)C1. The molecule has 2 aliphatic heterocycles. The van der Waals surface area contributed by atoms with Gasteiger partial charge in [0.15, 0.2) is 6.04 Å². The van der Waals surface area contributed by atoms with E-state index in [1.54, 1.807) is 25.2 Å². The number of hydrogen-bond acceptors (Lipinski definition) is 6. The molecule has 8 heteroatoms. The summed E-state index contributed by atoms with van der Waals surface area (Å²) < 4.78 is 0. The van der Waals surface area contributed by atoms with E-state index in [1.165, 1.54) is 42.9 Å². The highest BCUT2D eigenvalue weighted by Crippen LogP contribution is 2.42. The van der Waals surface area contributed by atoms with Crippen LogP contribution in [0.1, 0.15) is 27.8 Å². The fourth-order valence-electron chi connectivity index (χ4n) is 8.02. The van der Waals surface area contributed by atoms with Crippen molar-refractivity contribution in [1.82, 2.24) is 10.1 Å². The molecule has 270 valence electrons. The van der Waals surface area contributed by atoms with Crippen LogP contribution in [0.3, 0.4) is 0 Å². The van der Waals surface area contributed by atoms with Gasteiger partial charge < -0.3 is 4.84 Å². The predicted molar refractivity (Wildman–Crippen MR) is 220 cm³/mol. The van der Waals surface area contributed by atoms with Crippen LogP contribution < -0.4 is 5.01 Å². The Bertz CT molecular complexity index is 2540. The molecule has 0 spiro atoms. The predicted octanol–water partition coefficient (Wildman–Crippen LogP) is 9.43. The Morgan fingerprint density at radius 2 is 1.31 bits per heavy atom. The van der Waals surface area contributed by atoms with Gasteiger partial charge in [0.05, 0.1) is 17.9 Å². The normalized spacial score (nSPS) is 16.2. The molecule has 55 heavy (non-hydrogen) atoms. The molecular weight excluding hydrogens is 704 g/mol. The van der Waals surface area contributed by atoms with E-state index in [1.807, 2.05) is 60.7 Å². The highest BCUT2D eigenvalue weighted by Gasteiger charge is 2.34. The zero-order valence-electron chi connectivity index (χ0n) is 30.2. The van der Waals surface area contributed by atoms with E-state index in [0.29, 0.717) is 41.5 Å². The third-order valence-electron chi connectivity index (χ3n) is 10.5. The third kappa shape index (κ3) is 6.67. The summed E-state index contributed by atoms with van der Waals surface area (Å²) in [4.78, 5) is 42.3. The summed E-state index contributed by atoms with van der Waals surface area (Å²) in [5.41, 5.74) is 8.04. The number of carbonyl (C=O) groups excluding carboxylic acids is 2. The summed E-state index contributed by atoms with van der Waals surface area (Å²) in [5.74, 6) is -0.854. The number of amides is 1. The number of rotatable bonds is 5. The van der Waals surface area contributed by atoms with Gasteiger partial charge in [-0.3, -0.25) is 14.7 Å². The number of anilines is 1. The maximum Gasteiger partial charge on any atom is 0.352 e. The lowest BCUT2D eigenvalue weighted by Crippen LogP contribution is -2.50. The monoisotopic (exact) mass is 740 g/mol. The van der Waals surface area contributed by atoms with Gasteiger partial charge in [-0.05, 0) is 72.7 Å². The van der Waals surface area contributed by atoms with Crippen molar-refractivity contribution in [3.63, 3.8) is 0 Å². The summed E-state index contributed by atoms with van der Waals surface area (Å²) in [5, 5.41) is 7.87. The Labute approximate surface area is 324 Å². The molecule has 7 nitrogen and oxygen atoms in total. The zero-order chi connectivity index (χ0) is 37.5. The van der Waals surface area contributed by atoms with Crippen molar-refractivity contribution in [2.45, 2.75) is 25.6 Å². The van der Waals surface area contributed by atoms with Crippen molar-refractivity contribution < 1.29 is 14.4 Å². The number of benzene rings is 7. The van der Waals surface area contributed by atoms with Gasteiger partial charge in [-0.2, -0.15) is 0 Å². The molecule has 0 radical (unpaired) electrons. The van der Waals surface area contributed by atoms with Crippen molar-refractivity contribution in [2.24, 2.45) is 4.99 Å². The first kappa shape index (κ1) is 34.6. The second kappa shape index (κ2) is 14.6. The Hall–Kier alpha value is -6.12. The molecule has 0 aliphatic carbocycles. The van der Waals surface area contributed by atoms with E-state index in [2.05, 4.69) is 77.7 Å². The second-order valence-corrected chi connectivity index (χ2v) is 14.5. The standard InChI is InChI=1S/C47H37ClN4O3/c1-50-52(42-25-24-37(48)27-40(42)46(34-16-6-3-7-17-34)49-41(47(54)55-50)26-31-12-4-2-5-13-31)43(53)30-51-28-35-22-20-32-14-8-10-18-38(32)44(35)45-36(29-51)23-21-33-15-9-11-19-39(33)45/h2-25,27,41H,26,28-30H2,1H3/t41-/m0/s1. The van der Waals surface area contributed by atoms with Gasteiger partial charge in [-0.1, -0.05) is 145 Å². The molecule has 1 atom stereocenters. The summed E-state index contributed by atoms with van der Waals surface area (Å²) in [7, 11) is 1.59. The van der Waals surface area contributed by atoms with Crippen molar-refractivity contribution in [3.8, 4) is 11.1 Å². The van der Waals surface area contributed by atoms with Gasteiger partial charge in [0, 0.05) is 42.7 Å². The van der Waals surface area contributed by atoms with Crippen molar-refractivity contribution in [3.05, 3.63) is 184 Å². The molecule has 1 amide bonds. The van der Waals surface area contributed by atoms with Gasteiger partial charge in [-0.15, -0.1) is 0 Å². The first-order valence-corrected chi connectivity index (χ1v) is 18.8. The maximum absolute atomic E-state index is 15.0. The van der Waals surface area contributed by atoms with Gasteiger partial charge >= 0.3 is 5.97 Å². The molecule has 0 saturated heterocycles. The molecule has 0 unspecified atom stereocenters. The molecule has 0 bridgehead atoms. The smallest absolute Gasteiger partial charge is 0.346 e. The third-order valence-corrected chi connectivity index (χ3v) is 10.7. The fraction of sp³-hybridized carbons (Fsp3) is 0.128. The van der Waals surface area contributed by atoms with Gasteiger partial charge in [0.25, 0.3) is 5.91 Å². The van der Waals surface area contributed by atoms with Crippen molar-refractivity contribution in [2.75, 3.05) is 18.6 Å². The maximum atomic E-state index is 15.0. The largest absolute Gasteiger partial charge is 0.352 e. The van der Waals surface area contributed by atoms with Gasteiger partial charge in [-0.25, -0.2) is 9.80 Å². The lowest BCUT2D eigenvalue weighted by Gasteiger charge is -2.33. The highest BCUT2D eigenvalue weighted by molar-refractivity contribution is 6.31. The molecule has 7 aromatic carbocycles. The first-order valence-electron chi connectivity index (χ1n) is 18.4. The highest BCUT2D eigenvalue weighted by atomic mass is 35.5. The molecule has 0 saturated carbocycles. The fourth-order valence-corrected chi connectivity index (χ4v) is 8.20. The molecule has 2 heterocycles. The number of halogens is 1. The van der Waals surface area contributed by atoms with E-state index in [9.17, 15) is 9.59 Å². The summed E-state index contributed by atoms with van der Waals surface area (Å²) >= 11 is 6.70. The van der Waals surface area contributed by atoms with Crippen LogP contribution in [0.4, 0.5) is 5.69 Å². The second-order valence-electron chi connectivity index (χ2n) is 14.1. The van der Waals surface area contributed by atoms with E-state index >= 15 is 0 Å². The number of hydroxylamine groups is 1. The van der Waals surface area contributed by atoms with E-state index < -0.39 is 12.0 Å². The summed E-state index contributed by atoms with van der Waals surface area (Å²) in [6.07, 6.45) is 0.309. The summed E-state index contributed by atoms with van der Waals surface area (Å²) in [6, 6.07) is 49.5. The van der Waals surface area contributed by atoms with Crippen molar-refractivity contribution >= 4 is 56.4 Å². The van der Waals surface area contributed by atoms with Crippen molar-refractivity contribution in [1.29, 1.82) is 0 Å². The number of aliphatic imine (C=N–C) groups is 1. The quantitative estimate of drug-likeness (QED) is 0.176. The number of hydrogen-bond donors (Lipinski definition) is 0. The topological polar surface area (TPSA) is 65.5 Å². The Morgan fingerprint density at radius 1 is 0.727 bits per heavy atom. The minimum Gasteiger partial charge on any atom is -0.346 e. The molecule has 2 aliphatic rings. The van der Waals surface area contributed by atoms with Crippen LogP contribution in [0, 0.1) is 0 Å². The van der Waals surface area contributed by atoms with Crippen LogP contribution in [-0.2, 0) is 33.9 Å². The number of fused-ring (bicyclic) bond motifs is 8. The average molecular weight is 741 g/mol. The molecular formula is C47H37ClN4O3. The van der Waals surface area contributed by atoms with Crippen LogP contribution in [0.25, 0.3) is 32.7 Å². The first-order chi connectivity index (χ1) is 26.9. The molecule has 7 aromatic rings. The van der Waals surface area contributed by atoms with E-state index in [0.717, 1.165) is 22.3 Å². The number of hydrazine groups is 1. The zero-order valence-corrected chi connectivity index (χ0v) is 31.0. The molecule has 0 N–H and O–H groups in total. The number of carbonyl (C=O) groups is 2. The summed E-state index contributed by atoms with van der Waals surface area (Å²) in [6.45, 7) is 1.11. The van der Waals surface area contributed by atoms with Crippen LogP contribution in [0.5, 0.6) is 0 Å². The minimum absolute atomic E-state index is 0.0355. The van der Waals surface area contributed by atoms with Crippen LogP contribution in [0.2, 0.25) is 5.02 Å². The molecule has 0 fully saturated rings. The lowest BCUT2D eigenvalue weighted by atomic mass is 9.88. The van der Waals surface area contributed by atoms with Crippen LogP contribution in [0.15, 0.2) is 157 Å². The van der Waals surface area contributed by atoms with Gasteiger partial charge in [0.2, 0.25) is 0 Å². The lowest BCUT2D eigenvalue weighted by molar-refractivity contribution is -0.189. The Kier molecular flexibility index (Phi) is 9.20. The Balaban J connectivity index is 1.14. The van der Waals surface area contributed by atoms with Crippen LogP contribution in [-0.4, -0.2) is 47.3 Å². The van der Waals surface area contributed by atoms with Gasteiger partial charge in [0.1, 0.15) is 0 Å². The Morgan fingerprint density at radius 3 is 1.95 bits per heavy atom. The van der Waals surface area contributed by atoms with E-state index in [-0.39, 0.29) is 12.5 Å². The molecule has 0 aromatic heterocycles. The molecule has 9 rings (SSSR count).